The third kappa shape index (κ3) is 2.73. The van der Waals surface area contributed by atoms with Gasteiger partial charge in [-0.25, -0.2) is 4.98 Å². The molecule has 0 saturated heterocycles. The van der Waals surface area contributed by atoms with Crippen LogP contribution in [0, 0.1) is 0 Å². The largest absolute Gasteiger partial charge is 0.497 e. The summed E-state index contributed by atoms with van der Waals surface area (Å²) in [6, 6.07) is 11.2. The Labute approximate surface area is 99.9 Å². The molecule has 2 rings (SSSR count). The van der Waals surface area contributed by atoms with Crippen LogP contribution in [-0.4, -0.2) is 17.2 Å². The van der Waals surface area contributed by atoms with Gasteiger partial charge in [0.05, 0.1) is 13.7 Å². The van der Waals surface area contributed by atoms with Crippen LogP contribution in [0.3, 0.4) is 0 Å². The van der Waals surface area contributed by atoms with E-state index < -0.39 is 0 Å². The topological polar surface area (TPSA) is 54.4 Å². The Morgan fingerprint density at radius 1 is 1.29 bits per heavy atom. The summed E-state index contributed by atoms with van der Waals surface area (Å²) in [6.45, 7) is -0.0415. The molecule has 1 heterocycles. The van der Waals surface area contributed by atoms with Crippen LogP contribution in [0.15, 0.2) is 42.6 Å². The van der Waals surface area contributed by atoms with Gasteiger partial charge in [0.2, 0.25) is 0 Å². The SMILES string of the molecule is COc1cccc(Nc2ncccc2CO)c1. The zero-order valence-corrected chi connectivity index (χ0v) is 9.55. The number of anilines is 2. The smallest absolute Gasteiger partial charge is 0.135 e. The molecule has 88 valence electrons. The monoisotopic (exact) mass is 230 g/mol. The fourth-order valence-corrected chi connectivity index (χ4v) is 1.52. The van der Waals surface area contributed by atoms with E-state index in [4.69, 9.17) is 4.74 Å². The highest BCUT2D eigenvalue weighted by Crippen LogP contribution is 2.22. The van der Waals surface area contributed by atoms with E-state index in [9.17, 15) is 5.11 Å². The molecule has 0 fully saturated rings. The van der Waals surface area contributed by atoms with Gasteiger partial charge in [-0.15, -0.1) is 0 Å². The van der Waals surface area contributed by atoms with Crippen molar-refractivity contribution in [2.45, 2.75) is 6.61 Å². The van der Waals surface area contributed by atoms with E-state index in [-0.39, 0.29) is 6.61 Å². The lowest BCUT2D eigenvalue weighted by Gasteiger charge is -2.10. The second-order valence-electron chi connectivity index (χ2n) is 3.53. The van der Waals surface area contributed by atoms with E-state index in [2.05, 4.69) is 10.3 Å². The molecule has 2 N–H and O–H groups in total. The number of aliphatic hydroxyl groups is 1. The highest BCUT2D eigenvalue weighted by atomic mass is 16.5. The Hall–Kier alpha value is -2.07. The lowest BCUT2D eigenvalue weighted by molar-refractivity contribution is 0.282. The standard InChI is InChI=1S/C13H14N2O2/c1-17-12-6-2-5-11(8-12)15-13-10(9-16)4-3-7-14-13/h2-8,16H,9H2,1H3,(H,14,15). The molecule has 4 nitrogen and oxygen atoms in total. The number of nitrogens with one attached hydrogen (secondary N) is 1. The van der Waals surface area contributed by atoms with Gasteiger partial charge in [0.1, 0.15) is 11.6 Å². The van der Waals surface area contributed by atoms with Crippen molar-refractivity contribution in [1.82, 2.24) is 4.98 Å². The van der Waals surface area contributed by atoms with Crippen LogP contribution in [0.25, 0.3) is 0 Å². The Bertz CT molecular complexity index is 500. The minimum Gasteiger partial charge on any atom is -0.497 e. The van der Waals surface area contributed by atoms with Gasteiger partial charge in [0.15, 0.2) is 0 Å². The Kier molecular flexibility index (Phi) is 3.57. The summed E-state index contributed by atoms with van der Waals surface area (Å²) in [4.78, 5) is 4.19. The number of benzene rings is 1. The first kappa shape index (κ1) is 11.4. The molecule has 17 heavy (non-hydrogen) atoms. The van der Waals surface area contributed by atoms with Crippen molar-refractivity contribution >= 4 is 11.5 Å². The lowest BCUT2D eigenvalue weighted by Crippen LogP contribution is -1.98. The van der Waals surface area contributed by atoms with Crippen molar-refractivity contribution in [2.24, 2.45) is 0 Å². The molecular formula is C13H14N2O2. The quantitative estimate of drug-likeness (QED) is 0.846. The molecule has 0 radical (unpaired) electrons. The lowest BCUT2D eigenvalue weighted by atomic mass is 10.2. The Morgan fingerprint density at radius 2 is 2.18 bits per heavy atom. The van der Waals surface area contributed by atoms with Crippen LogP contribution in [0.1, 0.15) is 5.56 Å². The summed E-state index contributed by atoms with van der Waals surface area (Å²) in [5.74, 6) is 1.43. The van der Waals surface area contributed by atoms with Crippen LogP contribution in [0.5, 0.6) is 5.75 Å². The predicted molar refractivity (Wildman–Crippen MR) is 66.4 cm³/mol. The average Bonchev–Trinajstić information content (AvgIpc) is 2.39. The van der Waals surface area contributed by atoms with Crippen LogP contribution in [-0.2, 0) is 6.61 Å². The first-order valence-corrected chi connectivity index (χ1v) is 5.29. The number of pyridine rings is 1. The number of aliphatic hydroxyl groups excluding tert-OH is 1. The second-order valence-corrected chi connectivity index (χ2v) is 3.53. The number of hydrogen-bond donors (Lipinski definition) is 2. The number of nitrogens with zero attached hydrogens (tertiary/aromatic N) is 1. The predicted octanol–water partition coefficient (Wildman–Crippen LogP) is 2.33. The van der Waals surface area contributed by atoms with Crippen molar-refractivity contribution in [1.29, 1.82) is 0 Å². The molecule has 0 amide bonds. The maximum absolute atomic E-state index is 9.19. The van der Waals surface area contributed by atoms with Crippen molar-refractivity contribution in [3.8, 4) is 5.75 Å². The number of methoxy groups -OCH3 is 1. The van der Waals surface area contributed by atoms with Gasteiger partial charge < -0.3 is 15.2 Å². The summed E-state index contributed by atoms with van der Waals surface area (Å²) in [5, 5.41) is 12.3. The Balaban J connectivity index is 2.24. The first-order valence-electron chi connectivity index (χ1n) is 5.29. The number of hydrogen-bond acceptors (Lipinski definition) is 4. The van der Waals surface area contributed by atoms with Crippen LogP contribution in [0.4, 0.5) is 11.5 Å². The van der Waals surface area contributed by atoms with Crippen LogP contribution < -0.4 is 10.1 Å². The van der Waals surface area contributed by atoms with Gasteiger partial charge in [-0.05, 0) is 18.2 Å². The summed E-state index contributed by atoms with van der Waals surface area (Å²) >= 11 is 0. The molecule has 1 aromatic heterocycles. The number of aromatic nitrogens is 1. The molecule has 0 atom stereocenters. The summed E-state index contributed by atoms with van der Waals surface area (Å²) in [7, 11) is 1.62. The van der Waals surface area contributed by atoms with E-state index in [0.717, 1.165) is 17.0 Å². The molecule has 0 aliphatic heterocycles. The maximum atomic E-state index is 9.19. The van der Waals surface area contributed by atoms with E-state index >= 15 is 0 Å². The average molecular weight is 230 g/mol. The first-order chi connectivity index (χ1) is 8.33. The van der Waals surface area contributed by atoms with Crippen LogP contribution >= 0.6 is 0 Å². The molecular weight excluding hydrogens is 216 g/mol. The van der Waals surface area contributed by atoms with Crippen LogP contribution in [0.2, 0.25) is 0 Å². The van der Waals surface area contributed by atoms with E-state index in [1.165, 1.54) is 0 Å². The summed E-state index contributed by atoms with van der Waals surface area (Å²) < 4.78 is 5.14. The normalized spacial score (nSPS) is 10.0. The van der Waals surface area contributed by atoms with Crippen molar-refractivity contribution in [3.63, 3.8) is 0 Å². The summed E-state index contributed by atoms with van der Waals surface area (Å²) in [5.41, 5.74) is 1.63. The van der Waals surface area contributed by atoms with E-state index in [1.807, 2.05) is 30.3 Å². The minimum atomic E-state index is -0.0415. The number of rotatable bonds is 4. The molecule has 0 saturated carbocycles. The molecule has 2 aromatic rings. The van der Waals surface area contributed by atoms with E-state index in [1.54, 1.807) is 19.4 Å². The molecule has 0 unspecified atom stereocenters. The molecule has 0 spiro atoms. The fraction of sp³-hybridized carbons (Fsp3) is 0.154. The van der Waals surface area contributed by atoms with Gasteiger partial charge >= 0.3 is 0 Å². The fourth-order valence-electron chi connectivity index (χ4n) is 1.52. The molecule has 0 aliphatic rings. The third-order valence-corrected chi connectivity index (χ3v) is 2.39. The molecule has 0 bridgehead atoms. The van der Waals surface area contributed by atoms with Gasteiger partial charge in [-0.1, -0.05) is 12.1 Å². The van der Waals surface area contributed by atoms with Gasteiger partial charge in [0, 0.05) is 23.5 Å². The highest BCUT2D eigenvalue weighted by molar-refractivity contribution is 5.60. The highest BCUT2D eigenvalue weighted by Gasteiger charge is 2.02. The molecule has 0 aliphatic carbocycles. The van der Waals surface area contributed by atoms with Gasteiger partial charge in [-0.3, -0.25) is 0 Å². The van der Waals surface area contributed by atoms with Gasteiger partial charge in [0.25, 0.3) is 0 Å². The Morgan fingerprint density at radius 3 is 2.94 bits per heavy atom. The van der Waals surface area contributed by atoms with Crippen molar-refractivity contribution in [3.05, 3.63) is 48.2 Å². The van der Waals surface area contributed by atoms with E-state index in [0.29, 0.717) is 5.82 Å². The maximum Gasteiger partial charge on any atom is 0.135 e. The minimum absolute atomic E-state index is 0.0415. The second kappa shape index (κ2) is 5.32. The van der Waals surface area contributed by atoms with Crippen molar-refractivity contribution in [2.75, 3.05) is 12.4 Å². The zero-order chi connectivity index (χ0) is 12.1. The molecule has 1 aromatic carbocycles. The number of ether oxygens (including phenoxy) is 1. The van der Waals surface area contributed by atoms with Crippen molar-refractivity contribution < 1.29 is 9.84 Å². The van der Waals surface area contributed by atoms with Gasteiger partial charge in [-0.2, -0.15) is 0 Å². The third-order valence-electron chi connectivity index (χ3n) is 2.39. The zero-order valence-electron chi connectivity index (χ0n) is 9.55. The summed E-state index contributed by atoms with van der Waals surface area (Å²) in [6.07, 6.45) is 1.68. The molecule has 4 heteroatoms.